The molecule has 0 atom stereocenters. The van der Waals surface area contributed by atoms with Gasteiger partial charge in [-0.15, -0.1) is 0 Å². The van der Waals surface area contributed by atoms with Crippen LogP contribution in [0.4, 0.5) is 0 Å². The summed E-state index contributed by atoms with van der Waals surface area (Å²) in [5.74, 6) is 1.10. The smallest absolute Gasteiger partial charge is 0.125 e. The number of hydrogen-bond donors (Lipinski definition) is 1. The maximum atomic E-state index is 5.71. The summed E-state index contributed by atoms with van der Waals surface area (Å²) in [7, 11) is 1.80. The molecule has 0 bridgehead atoms. The molecule has 0 aliphatic carbocycles. The molecule has 0 aromatic heterocycles. The van der Waals surface area contributed by atoms with Crippen molar-refractivity contribution in [2.45, 2.75) is 18.4 Å². The molecule has 2 heterocycles. The standard InChI is InChI=1S/C13H17NO2/c1-15-13(8-14-9-13)7-11-4-2-3-10-5-6-16-12(10)11/h2-4,14H,5-9H2,1H3. The number of ether oxygens (including phenoxy) is 2. The van der Waals surface area contributed by atoms with Gasteiger partial charge in [0, 0.05) is 33.0 Å². The van der Waals surface area contributed by atoms with Crippen molar-refractivity contribution in [1.29, 1.82) is 0 Å². The molecule has 0 saturated carbocycles. The number of fused-ring (bicyclic) bond motifs is 1. The molecule has 3 heteroatoms. The molecule has 16 heavy (non-hydrogen) atoms. The van der Waals surface area contributed by atoms with Crippen molar-refractivity contribution < 1.29 is 9.47 Å². The first-order valence-electron chi connectivity index (χ1n) is 5.82. The molecule has 1 N–H and O–H groups in total. The third-order valence-corrected chi connectivity index (χ3v) is 3.64. The van der Waals surface area contributed by atoms with Crippen LogP contribution in [0, 0.1) is 0 Å². The highest BCUT2D eigenvalue weighted by molar-refractivity contribution is 5.45. The fourth-order valence-electron chi connectivity index (χ4n) is 2.51. The molecule has 1 fully saturated rings. The lowest BCUT2D eigenvalue weighted by Gasteiger charge is -2.41. The topological polar surface area (TPSA) is 30.5 Å². The predicted molar refractivity (Wildman–Crippen MR) is 62.0 cm³/mol. The van der Waals surface area contributed by atoms with E-state index in [0.29, 0.717) is 0 Å². The molecule has 3 nitrogen and oxygen atoms in total. The Morgan fingerprint density at radius 2 is 2.31 bits per heavy atom. The van der Waals surface area contributed by atoms with Crippen molar-refractivity contribution >= 4 is 0 Å². The highest BCUT2D eigenvalue weighted by Gasteiger charge is 2.38. The van der Waals surface area contributed by atoms with Gasteiger partial charge in [0.2, 0.25) is 0 Å². The maximum Gasteiger partial charge on any atom is 0.125 e. The van der Waals surface area contributed by atoms with Crippen LogP contribution in [0.2, 0.25) is 0 Å². The summed E-state index contributed by atoms with van der Waals surface area (Å²) in [5, 5.41) is 3.28. The lowest BCUT2D eigenvalue weighted by molar-refractivity contribution is -0.0505. The molecular weight excluding hydrogens is 202 g/mol. The van der Waals surface area contributed by atoms with Gasteiger partial charge < -0.3 is 14.8 Å². The predicted octanol–water partition coefficient (Wildman–Crippen LogP) is 1.15. The summed E-state index contributed by atoms with van der Waals surface area (Å²) in [5.41, 5.74) is 2.62. The first-order chi connectivity index (χ1) is 7.83. The summed E-state index contributed by atoms with van der Waals surface area (Å²) >= 11 is 0. The van der Waals surface area contributed by atoms with Crippen molar-refractivity contribution in [1.82, 2.24) is 5.32 Å². The first kappa shape index (κ1) is 10.1. The van der Waals surface area contributed by atoms with Gasteiger partial charge in [-0.05, 0) is 11.1 Å². The van der Waals surface area contributed by atoms with E-state index in [1.807, 2.05) is 0 Å². The number of para-hydroxylation sites is 1. The second-order valence-electron chi connectivity index (χ2n) is 4.67. The molecule has 2 aliphatic heterocycles. The molecule has 1 saturated heterocycles. The third-order valence-electron chi connectivity index (χ3n) is 3.64. The average Bonchev–Trinajstić information content (AvgIpc) is 2.72. The monoisotopic (exact) mass is 219 g/mol. The molecule has 0 unspecified atom stereocenters. The molecule has 1 aromatic rings. The largest absolute Gasteiger partial charge is 0.493 e. The number of nitrogens with one attached hydrogen (secondary N) is 1. The van der Waals surface area contributed by atoms with Crippen LogP contribution in [0.15, 0.2) is 18.2 Å². The first-order valence-corrected chi connectivity index (χ1v) is 5.82. The fraction of sp³-hybridized carbons (Fsp3) is 0.538. The van der Waals surface area contributed by atoms with Gasteiger partial charge in [-0.1, -0.05) is 18.2 Å². The van der Waals surface area contributed by atoms with Gasteiger partial charge in [0.05, 0.1) is 12.2 Å². The minimum absolute atomic E-state index is 0.0128. The van der Waals surface area contributed by atoms with Crippen LogP contribution in [-0.2, 0) is 17.6 Å². The van der Waals surface area contributed by atoms with Crippen LogP contribution in [0.5, 0.6) is 5.75 Å². The van der Waals surface area contributed by atoms with E-state index in [2.05, 4.69) is 23.5 Å². The molecule has 0 radical (unpaired) electrons. The van der Waals surface area contributed by atoms with E-state index < -0.39 is 0 Å². The van der Waals surface area contributed by atoms with E-state index in [-0.39, 0.29) is 5.60 Å². The Morgan fingerprint density at radius 1 is 1.44 bits per heavy atom. The van der Waals surface area contributed by atoms with Gasteiger partial charge in [-0.2, -0.15) is 0 Å². The molecule has 2 aliphatic rings. The maximum absolute atomic E-state index is 5.71. The van der Waals surface area contributed by atoms with Crippen molar-refractivity contribution in [3.8, 4) is 5.75 Å². The van der Waals surface area contributed by atoms with Gasteiger partial charge in [0.15, 0.2) is 0 Å². The van der Waals surface area contributed by atoms with Gasteiger partial charge >= 0.3 is 0 Å². The number of rotatable bonds is 3. The van der Waals surface area contributed by atoms with Crippen LogP contribution in [0.1, 0.15) is 11.1 Å². The van der Waals surface area contributed by atoms with Crippen LogP contribution in [0.25, 0.3) is 0 Å². The Bertz CT molecular complexity index is 393. The molecule has 1 aromatic carbocycles. The second kappa shape index (κ2) is 3.75. The zero-order chi connectivity index (χ0) is 11.0. The molecule has 86 valence electrons. The van der Waals surface area contributed by atoms with E-state index >= 15 is 0 Å². The SMILES string of the molecule is COC1(Cc2cccc3c2OCC3)CNC1. The van der Waals surface area contributed by atoms with E-state index in [0.717, 1.165) is 38.3 Å². The van der Waals surface area contributed by atoms with Crippen molar-refractivity contribution in [3.05, 3.63) is 29.3 Å². The highest BCUT2D eigenvalue weighted by atomic mass is 16.5. The highest BCUT2D eigenvalue weighted by Crippen LogP contribution is 2.33. The molecular formula is C13H17NO2. The molecule has 0 amide bonds. The van der Waals surface area contributed by atoms with Crippen LogP contribution in [0.3, 0.4) is 0 Å². The normalized spacial score (nSPS) is 21.1. The van der Waals surface area contributed by atoms with Crippen molar-refractivity contribution in [2.24, 2.45) is 0 Å². The summed E-state index contributed by atoms with van der Waals surface area (Å²) < 4.78 is 11.3. The Balaban J connectivity index is 1.87. The summed E-state index contributed by atoms with van der Waals surface area (Å²) in [4.78, 5) is 0. The quantitative estimate of drug-likeness (QED) is 0.827. The summed E-state index contributed by atoms with van der Waals surface area (Å²) in [6.07, 6.45) is 1.99. The number of benzene rings is 1. The van der Waals surface area contributed by atoms with E-state index in [4.69, 9.17) is 9.47 Å². The lowest BCUT2D eigenvalue weighted by Crippen LogP contribution is -2.61. The number of hydrogen-bond acceptors (Lipinski definition) is 3. The van der Waals surface area contributed by atoms with Crippen molar-refractivity contribution in [2.75, 3.05) is 26.8 Å². The van der Waals surface area contributed by atoms with Crippen LogP contribution >= 0.6 is 0 Å². The minimum atomic E-state index is -0.0128. The molecule has 0 spiro atoms. The zero-order valence-corrected chi connectivity index (χ0v) is 9.58. The Morgan fingerprint density at radius 3 is 3.00 bits per heavy atom. The van der Waals surface area contributed by atoms with Crippen LogP contribution in [-0.4, -0.2) is 32.4 Å². The average molecular weight is 219 g/mol. The van der Waals surface area contributed by atoms with Gasteiger partial charge in [-0.3, -0.25) is 0 Å². The second-order valence-corrected chi connectivity index (χ2v) is 4.67. The van der Waals surface area contributed by atoms with Gasteiger partial charge in [0.1, 0.15) is 5.75 Å². The minimum Gasteiger partial charge on any atom is -0.493 e. The van der Waals surface area contributed by atoms with Crippen LogP contribution < -0.4 is 10.1 Å². The number of methoxy groups -OCH3 is 1. The van der Waals surface area contributed by atoms with Gasteiger partial charge in [-0.25, -0.2) is 0 Å². The van der Waals surface area contributed by atoms with Gasteiger partial charge in [0.25, 0.3) is 0 Å². The van der Waals surface area contributed by atoms with E-state index in [1.54, 1.807) is 7.11 Å². The van der Waals surface area contributed by atoms with E-state index in [9.17, 15) is 0 Å². The zero-order valence-electron chi connectivity index (χ0n) is 9.58. The molecule has 3 rings (SSSR count). The Labute approximate surface area is 95.8 Å². The Kier molecular flexibility index (Phi) is 2.37. The summed E-state index contributed by atoms with van der Waals surface area (Å²) in [6.45, 7) is 2.70. The van der Waals surface area contributed by atoms with E-state index in [1.165, 1.54) is 11.1 Å². The third kappa shape index (κ3) is 1.51. The summed E-state index contributed by atoms with van der Waals surface area (Å²) in [6, 6.07) is 6.44. The lowest BCUT2D eigenvalue weighted by atomic mass is 9.88. The fourth-order valence-corrected chi connectivity index (χ4v) is 2.51. The Hall–Kier alpha value is -1.06. The van der Waals surface area contributed by atoms with Crippen molar-refractivity contribution in [3.63, 3.8) is 0 Å².